The molecule has 1 heterocycles. The fraction of sp³-hybridized carbons (Fsp3) is 0.143. The van der Waals surface area contributed by atoms with Crippen LogP contribution in [0.15, 0.2) is 36.4 Å². The summed E-state index contributed by atoms with van der Waals surface area (Å²) in [6.45, 7) is 0. The molecular formula is C14H12ClNO3. The molecule has 98 valence electrons. The van der Waals surface area contributed by atoms with Gasteiger partial charge < -0.3 is 9.84 Å². The third kappa shape index (κ3) is 3.23. The van der Waals surface area contributed by atoms with Crippen molar-refractivity contribution < 1.29 is 14.6 Å². The number of carbonyl (C=O) groups is 1. The molecule has 2 rings (SSSR count). The van der Waals surface area contributed by atoms with Crippen LogP contribution in [-0.2, 0) is 11.2 Å². The Hall–Kier alpha value is -2.07. The lowest BCUT2D eigenvalue weighted by Crippen LogP contribution is -2.03. The second kappa shape index (κ2) is 5.71. The van der Waals surface area contributed by atoms with Crippen LogP contribution in [0.1, 0.15) is 5.69 Å². The van der Waals surface area contributed by atoms with Gasteiger partial charge in [0, 0.05) is 10.6 Å². The topological polar surface area (TPSA) is 59.4 Å². The van der Waals surface area contributed by atoms with Crippen LogP contribution in [0.3, 0.4) is 0 Å². The monoisotopic (exact) mass is 277 g/mol. The second-order valence-corrected chi connectivity index (χ2v) is 4.37. The van der Waals surface area contributed by atoms with Gasteiger partial charge in [0.05, 0.1) is 19.2 Å². The number of hydrogen-bond acceptors (Lipinski definition) is 3. The van der Waals surface area contributed by atoms with Crippen LogP contribution in [0.4, 0.5) is 0 Å². The van der Waals surface area contributed by atoms with Crippen molar-refractivity contribution in [1.82, 2.24) is 4.98 Å². The van der Waals surface area contributed by atoms with E-state index >= 15 is 0 Å². The minimum absolute atomic E-state index is 0.128. The summed E-state index contributed by atoms with van der Waals surface area (Å²) in [5, 5.41) is 9.40. The SMILES string of the molecule is COc1nc(CC(=O)O)ccc1-c1ccc(Cl)cc1. The Balaban J connectivity index is 2.40. The average Bonchev–Trinajstić information content (AvgIpc) is 2.39. The van der Waals surface area contributed by atoms with Gasteiger partial charge in [-0.3, -0.25) is 4.79 Å². The molecule has 0 radical (unpaired) electrons. The summed E-state index contributed by atoms with van der Waals surface area (Å²) in [4.78, 5) is 14.9. The van der Waals surface area contributed by atoms with Crippen LogP contribution < -0.4 is 4.74 Å². The molecule has 0 bridgehead atoms. The summed E-state index contributed by atoms with van der Waals surface area (Å²) < 4.78 is 5.22. The third-order valence-electron chi connectivity index (χ3n) is 2.60. The van der Waals surface area contributed by atoms with Crippen molar-refractivity contribution in [2.75, 3.05) is 7.11 Å². The zero-order valence-electron chi connectivity index (χ0n) is 10.3. The number of nitrogens with zero attached hydrogens (tertiary/aromatic N) is 1. The van der Waals surface area contributed by atoms with Gasteiger partial charge in [0.2, 0.25) is 5.88 Å². The number of pyridine rings is 1. The summed E-state index contributed by atoms with van der Waals surface area (Å²) in [5.74, 6) is -0.519. The number of rotatable bonds is 4. The Morgan fingerprint density at radius 2 is 1.95 bits per heavy atom. The molecule has 0 spiro atoms. The first kappa shape index (κ1) is 13.4. The highest BCUT2D eigenvalue weighted by molar-refractivity contribution is 6.30. The smallest absolute Gasteiger partial charge is 0.309 e. The van der Waals surface area contributed by atoms with Crippen LogP contribution in [0.2, 0.25) is 5.02 Å². The number of aliphatic carboxylic acids is 1. The molecule has 1 aromatic heterocycles. The second-order valence-electron chi connectivity index (χ2n) is 3.94. The van der Waals surface area contributed by atoms with E-state index in [-0.39, 0.29) is 6.42 Å². The molecule has 0 aliphatic carbocycles. The van der Waals surface area contributed by atoms with Gasteiger partial charge in [0.1, 0.15) is 0 Å². The molecule has 2 aromatic rings. The largest absolute Gasteiger partial charge is 0.481 e. The van der Waals surface area contributed by atoms with E-state index in [4.69, 9.17) is 21.4 Å². The van der Waals surface area contributed by atoms with Crippen LogP contribution in [0.5, 0.6) is 5.88 Å². The molecule has 1 aromatic carbocycles. The highest BCUT2D eigenvalue weighted by Crippen LogP contribution is 2.29. The first-order valence-electron chi connectivity index (χ1n) is 5.62. The molecule has 0 saturated carbocycles. The van der Waals surface area contributed by atoms with Crippen molar-refractivity contribution in [3.8, 4) is 17.0 Å². The number of carboxylic acids is 1. The fourth-order valence-corrected chi connectivity index (χ4v) is 1.86. The molecule has 0 aliphatic rings. The van der Waals surface area contributed by atoms with Crippen LogP contribution in [0, 0.1) is 0 Å². The van der Waals surface area contributed by atoms with E-state index in [1.54, 1.807) is 24.3 Å². The molecule has 0 saturated heterocycles. The van der Waals surface area contributed by atoms with Gasteiger partial charge >= 0.3 is 5.97 Å². The van der Waals surface area contributed by atoms with Crippen LogP contribution in [0.25, 0.3) is 11.1 Å². The Bertz CT molecular complexity index is 596. The Morgan fingerprint density at radius 1 is 1.26 bits per heavy atom. The molecular weight excluding hydrogens is 266 g/mol. The molecule has 0 aliphatic heterocycles. The lowest BCUT2D eigenvalue weighted by Gasteiger charge is -2.09. The molecule has 0 amide bonds. The zero-order valence-corrected chi connectivity index (χ0v) is 11.0. The summed E-state index contributed by atoms with van der Waals surface area (Å²) in [6, 6.07) is 10.8. The highest BCUT2D eigenvalue weighted by Gasteiger charge is 2.10. The Kier molecular flexibility index (Phi) is 4.02. The van der Waals surface area contributed by atoms with Crippen molar-refractivity contribution in [3.05, 3.63) is 47.1 Å². The normalized spacial score (nSPS) is 10.2. The van der Waals surface area contributed by atoms with Gasteiger partial charge in [0.15, 0.2) is 0 Å². The van der Waals surface area contributed by atoms with Gasteiger partial charge in [-0.25, -0.2) is 4.98 Å². The molecule has 1 N–H and O–H groups in total. The quantitative estimate of drug-likeness (QED) is 0.933. The molecule has 5 heteroatoms. The number of carboxylic acid groups (broad SMARTS) is 1. The van der Waals surface area contributed by atoms with Gasteiger partial charge in [-0.2, -0.15) is 0 Å². The zero-order chi connectivity index (χ0) is 13.8. The first-order valence-corrected chi connectivity index (χ1v) is 5.99. The third-order valence-corrected chi connectivity index (χ3v) is 2.85. The van der Waals surface area contributed by atoms with Crippen molar-refractivity contribution in [3.63, 3.8) is 0 Å². The Morgan fingerprint density at radius 3 is 2.53 bits per heavy atom. The molecule has 4 nitrogen and oxygen atoms in total. The molecule has 0 atom stereocenters. The number of methoxy groups -OCH3 is 1. The maximum absolute atomic E-state index is 10.7. The number of halogens is 1. The van der Waals surface area contributed by atoms with Crippen molar-refractivity contribution in [2.45, 2.75) is 6.42 Å². The maximum Gasteiger partial charge on any atom is 0.309 e. The van der Waals surface area contributed by atoms with Gasteiger partial charge in [0.25, 0.3) is 0 Å². The standard InChI is InChI=1S/C14H12ClNO3/c1-19-14-12(9-2-4-10(15)5-3-9)7-6-11(16-14)8-13(17)18/h2-7H,8H2,1H3,(H,17,18). The predicted octanol–water partition coefficient (Wildman–Crippen LogP) is 3.04. The van der Waals surface area contributed by atoms with E-state index in [9.17, 15) is 4.79 Å². The summed E-state index contributed by atoms with van der Waals surface area (Å²) in [5.41, 5.74) is 2.17. The van der Waals surface area contributed by atoms with Crippen molar-refractivity contribution in [1.29, 1.82) is 0 Å². The summed E-state index contributed by atoms with van der Waals surface area (Å²) in [6.07, 6.45) is -0.128. The minimum atomic E-state index is -0.922. The molecule has 0 unspecified atom stereocenters. The van der Waals surface area contributed by atoms with Crippen molar-refractivity contribution >= 4 is 17.6 Å². The average molecular weight is 278 g/mol. The Labute approximate surface area is 115 Å². The van der Waals surface area contributed by atoms with Gasteiger partial charge in [-0.1, -0.05) is 23.7 Å². The number of benzene rings is 1. The van der Waals surface area contributed by atoms with Gasteiger partial charge in [-0.15, -0.1) is 0 Å². The first-order chi connectivity index (χ1) is 9.10. The highest BCUT2D eigenvalue weighted by atomic mass is 35.5. The van der Waals surface area contributed by atoms with Gasteiger partial charge in [-0.05, 0) is 29.8 Å². The predicted molar refractivity (Wildman–Crippen MR) is 72.6 cm³/mol. The van der Waals surface area contributed by atoms with E-state index in [0.29, 0.717) is 16.6 Å². The fourth-order valence-electron chi connectivity index (χ4n) is 1.74. The van der Waals surface area contributed by atoms with E-state index in [0.717, 1.165) is 11.1 Å². The number of aromatic nitrogens is 1. The molecule has 0 fully saturated rings. The van der Waals surface area contributed by atoms with Crippen LogP contribution >= 0.6 is 11.6 Å². The summed E-state index contributed by atoms with van der Waals surface area (Å²) >= 11 is 5.84. The number of ether oxygens (including phenoxy) is 1. The lowest BCUT2D eigenvalue weighted by atomic mass is 10.1. The van der Waals surface area contributed by atoms with E-state index in [1.807, 2.05) is 12.1 Å². The van der Waals surface area contributed by atoms with Crippen LogP contribution in [-0.4, -0.2) is 23.2 Å². The van der Waals surface area contributed by atoms with Crippen molar-refractivity contribution in [2.24, 2.45) is 0 Å². The lowest BCUT2D eigenvalue weighted by molar-refractivity contribution is -0.136. The van der Waals surface area contributed by atoms with E-state index in [2.05, 4.69) is 4.98 Å². The minimum Gasteiger partial charge on any atom is -0.481 e. The summed E-state index contributed by atoms with van der Waals surface area (Å²) in [7, 11) is 1.51. The maximum atomic E-state index is 10.7. The molecule has 19 heavy (non-hydrogen) atoms. The number of hydrogen-bond donors (Lipinski definition) is 1. The van der Waals surface area contributed by atoms with E-state index < -0.39 is 5.97 Å². The van der Waals surface area contributed by atoms with E-state index in [1.165, 1.54) is 7.11 Å².